The molecular weight excluding hydrogens is 825 g/mol. The van der Waals surface area contributed by atoms with Gasteiger partial charge in [0, 0.05) is 61.5 Å². The van der Waals surface area contributed by atoms with Crippen LogP contribution >= 0.6 is 23.4 Å². The Morgan fingerprint density at radius 3 is 2.40 bits per heavy atom. The summed E-state index contributed by atoms with van der Waals surface area (Å²) in [6.45, 7) is 8.85. The van der Waals surface area contributed by atoms with Crippen molar-refractivity contribution in [3.05, 3.63) is 92.4 Å². The van der Waals surface area contributed by atoms with Crippen LogP contribution in [0.3, 0.4) is 0 Å². The van der Waals surface area contributed by atoms with E-state index in [2.05, 4.69) is 25.1 Å². The number of alkyl halides is 3. The third-order valence-corrected chi connectivity index (χ3v) is 13.9. The fourth-order valence-corrected chi connectivity index (χ4v) is 10.6. The number of benzene rings is 2. The Bertz CT molecular complexity index is 2570. The van der Waals surface area contributed by atoms with Gasteiger partial charge in [0.25, 0.3) is 11.5 Å². The second kappa shape index (κ2) is 15.3. The topological polar surface area (TPSA) is 163 Å². The number of aromatic nitrogens is 6. The smallest absolute Gasteiger partial charge is 0.416 e. The SMILES string of the molecule is Cc1ncnc(C(=O)N2CCC3(CC2)SC(C)c2c3c(=O)n3nc(-c4ccc(N5CCN(C6COC6)CC5)cc4)nc3n2CC(=O)Nc2ccc(C(F)(F)F)cc2Cl)c1O. The molecule has 0 saturated carbocycles. The molecule has 3 saturated heterocycles. The normalized spacial score (nSPS) is 19.5. The van der Waals surface area contributed by atoms with Crippen molar-refractivity contribution >= 4 is 52.3 Å². The first-order valence-electron chi connectivity index (χ1n) is 19.6. The highest BCUT2D eigenvalue weighted by Gasteiger charge is 2.50. The fraction of sp³-hybridized carbons (Fsp3) is 0.425. The molecule has 5 aromatic rings. The minimum atomic E-state index is -4.62. The number of piperidine rings is 1. The third kappa shape index (κ3) is 7.13. The molecular formula is C40H40ClF3N10O5S. The van der Waals surface area contributed by atoms with Gasteiger partial charge >= 0.3 is 6.18 Å². The van der Waals surface area contributed by atoms with Crippen LogP contribution in [0.4, 0.5) is 24.5 Å². The highest BCUT2D eigenvalue weighted by molar-refractivity contribution is 8.00. The molecule has 0 bridgehead atoms. The number of aromatic hydroxyl groups is 1. The Morgan fingerprint density at radius 1 is 1.03 bits per heavy atom. The number of anilines is 2. The highest BCUT2D eigenvalue weighted by atomic mass is 35.5. The van der Waals surface area contributed by atoms with Gasteiger partial charge in [-0.2, -0.15) is 22.7 Å². The quantitative estimate of drug-likeness (QED) is 0.222. The lowest BCUT2D eigenvalue weighted by molar-refractivity contribution is -0.137. The number of hydrogen-bond acceptors (Lipinski definition) is 12. The van der Waals surface area contributed by atoms with Crippen LogP contribution in [0.2, 0.25) is 5.02 Å². The second-order valence-electron chi connectivity index (χ2n) is 15.5. The molecule has 0 aliphatic carbocycles. The van der Waals surface area contributed by atoms with Crippen LogP contribution in [-0.4, -0.2) is 114 Å². The molecule has 2 amide bonds. The molecule has 4 aliphatic heterocycles. The van der Waals surface area contributed by atoms with Crippen molar-refractivity contribution in [1.29, 1.82) is 0 Å². The summed E-state index contributed by atoms with van der Waals surface area (Å²) in [6.07, 6.45) is -2.63. The molecule has 7 heterocycles. The number of thioether (sulfide) groups is 1. The van der Waals surface area contributed by atoms with Crippen LogP contribution in [0, 0.1) is 6.92 Å². The van der Waals surface area contributed by atoms with Crippen molar-refractivity contribution in [2.45, 2.75) is 55.4 Å². The number of nitrogens with one attached hydrogen (secondary N) is 1. The van der Waals surface area contributed by atoms with Gasteiger partial charge in [0.1, 0.15) is 12.9 Å². The summed E-state index contributed by atoms with van der Waals surface area (Å²) in [5, 5.41) is 17.3. The summed E-state index contributed by atoms with van der Waals surface area (Å²) in [5.41, 5.74) is 1.54. The number of hydrogen-bond donors (Lipinski definition) is 2. The first kappa shape index (κ1) is 40.2. The zero-order valence-corrected chi connectivity index (χ0v) is 34.1. The maximum absolute atomic E-state index is 14.7. The molecule has 0 radical (unpaired) electrons. The molecule has 20 heteroatoms. The number of rotatable bonds is 7. The molecule has 9 rings (SSSR count). The van der Waals surface area contributed by atoms with Gasteiger partial charge in [0.05, 0.1) is 51.5 Å². The summed E-state index contributed by atoms with van der Waals surface area (Å²) in [6, 6.07) is 11.0. The molecule has 4 aliphatic rings. The molecule has 1 spiro atoms. The summed E-state index contributed by atoms with van der Waals surface area (Å²) < 4.78 is 47.5. The Balaban J connectivity index is 1.05. The molecule has 60 heavy (non-hydrogen) atoms. The van der Waals surface area contributed by atoms with Crippen LogP contribution < -0.4 is 15.8 Å². The number of aryl methyl sites for hydroxylation is 1. The number of amides is 2. The minimum absolute atomic E-state index is 0.00931. The zero-order valence-electron chi connectivity index (χ0n) is 32.6. The molecule has 2 aromatic carbocycles. The summed E-state index contributed by atoms with van der Waals surface area (Å²) in [5.74, 6) is -0.955. The van der Waals surface area contributed by atoms with Gasteiger partial charge in [-0.05, 0) is 69.2 Å². The van der Waals surface area contributed by atoms with E-state index in [0.29, 0.717) is 35.7 Å². The molecule has 1 atom stereocenters. The van der Waals surface area contributed by atoms with E-state index >= 15 is 0 Å². The molecule has 2 N–H and O–H groups in total. The predicted octanol–water partition coefficient (Wildman–Crippen LogP) is 5.13. The van der Waals surface area contributed by atoms with Crippen molar-refractivity contribution in [2.75, 3.05) is 62.7 Å². The van der Waals surface area contributed by atoms with E-state index in [4.69, 9.17) is 26.4 Å². The Labute approximate surface area is 350 Å². The molecule has 314 valence electrons. The number of carbonyl (C=O) groups excluding carboxylic acids is 2. The van der Waals surface area contributed by atoms with Crippen molar-refractivity contribution in [3.8, 4) is 17.1 Å². The molecule has 3 aromatic heterocycles. The number of fused-ring (bicyclic) bond motifs is 3. The van der Waals surface area contributed by atoms with Gasteiger partial charge in [0.15, 0.2) is 17.3 Å². The monoisotopic (exact) mass is 864 g/mol. The predicted molar refractivity (Wildman–Crippen MR) is 217 cm³/mol. The number of ether oxygens (including phenoxy) is 1. The summed E-state index contributed by atoms with van der Waals surface area (Å²) >= 11 is 7.77. The van der Waals surface area contributed by atoms with E-state index in [9.17, 15) is 32.7 Å². The maximum atomic E-state index is 14.7. The van der Waals surface area contributed by atoms with Crippen molar-refractivity contribution in [1.82, 2.24) is 38.9 Å². The number of halogens is 4. The summed E-state index contributed by atoms with van der Waals surface area (Å²) in [7, 11) is 0. The van der Waals surface area contributed by atoms with Crippen LogP contribution in [0.5, 0.6) is 5.75 Å². The van der Waals surface area contributed by atoms with Gasteiger partial charge in [-0.25, -0.2) is 9.97 Å². The number of piperazine rings is 1. The van der Waals surface area contributed by atoms with Crippen LogP contribution in [0.1, 0.15) is 58.0 Å². The van der Waals surface area contributed by atoms with E-state index in [-0.39, 0.29) is 64.3 Å². The van der Waals surface area contributed by atoms with Gasteiger partial charge in [0.2, 0.25) is 11.7 Å². The average Bonchev–Trinajstić information content (AvgIpc) is 3.78. The lowest BCUT2D eigenvalue weighted by atomic mass is 9.87. The lowest BCUT2D eigenvalue weighted by Crippen LogP contribution is -2.56. The van der Waals surface area contributed by atoms with Gasteiger partial charge < -0.3 is 29.5 Å². The number of likely N-dealkylation sites (tertiary alicyclic amines) is 1. The van der Waals surface area contributed by atoms with E-state index < -0.39 is 33.9 Å². The second-order valence-corrected chi connectivity index (χ2v) is 17.6. The number of nitrogens with zero attached hydrogens (tertiary/aromatic N) is 9. The average molecular weight is 865 g/mol. The molecule has 1 unspecified atom stereocenters. The lowest BCUT2D eigenvalue weighted by Gasteiger charge is -2.43. The van der Waals surface area contributed by atoms with E-state index in [1.807, 2.05) is 31.2 Å². The van der Waals surface area contributed by atoms with Crippen molar-refractivity contribution in [2.24, 2.45) is 0 Å². The minimum Gasteiger partial charge on any atom is -0.504 e. The van der Waals surface area contributed by atoms with E-state index in [0.717, 1.165) is 63.3 Å². The van der Waals surface area contributed by atoms with Gasteiger partial charge in [-0.15, -0.1) is 16.9 Å². The van der Waals surface area contributed by atoms with Crippen molar-refractivity contribution in [3.63, 3.8) is 0 Å². The Morgan fingerprint density at radius 2 is 1.75 bits per heavy atom. The maximum Gasteiger partial charge on any atom is 0.416 e. The Hall–Kier alpha value is -5.24. The van der Waals surface area contributed by atoms with Gasteiger partial charge in [-0.1, -0.05) is 11.6 Å². The third-order valence-electron chi connectivity index (χ3n) is 11.9. The number of carbonyl (C=O) groups is 2. The molecule has 3 fully saturated rings. The zero-order chi connectivity index (χ0) is 42.1. The van der Waals surface area contributed by atoms with Crippen LogP contribution in [-0.2, 0) is 27.0 Å². The highest BCUT2D eigenvalue weighted by Crippen LogP contribution is 2.58. The Kier molecular flexibility index (Phi) is 10.3. The van der Waals surface area contributed by atoms with Gasteiger partial charge in [-0.3, -0.25) is 19.3 Å². The van der Waals surface area contributed by atoms with Crippen molar-refractivity contribution < 1.29 is 32.6 Å². The summed E-state index contributed by atoms with van der Waals surface area (Å²) in [4.78, 5) is 61.2. The molecule has 15 nitrogen and oxygen atoms in total. The fourth-order valence-electron chi connectivity index (χ4n) is 8.59. The van der Waals surface area contributed by atoms with E-state index in [1.54, 1.807) is 28.2 Å². The standard InChI is InChI=1S/C40H40ClF3N10O5S/c1-22-34(56)32(46-21-45-22)37(58)52-11-9-39(10-12-52)31-33(23(2)60-39)53(18-30(55)47-29-8-5-25(17-28(29)41)40(42,43)44)38-48-35(49-54(38)36(31)57)24-3-6-26(7-4-24)50-13-15-51(16-14-50)27-19-59-20-27/h3-8,17,21,23,27,56H,9-16,18-20H2,1-2H3,(H,47,55). The first-order chi connectivity index (χ1) is 28.7. The van der Waals surface area contributed by atoms with Crippen LogP contribution in [0.25, 0.3) is 17.2 Å². The largest absolute Gasteiger partial charge is 0.504 e. The van der Waals surface area contributed by atoms with E-state index in [1.165, 1.54) is 10.8 Å². The first-order valence-corrected chi connectivity index (χ1v) is 20.8. The van der Waals surface area contributed by atoms with Crippen LogP contribution in [0.15, 0.2) is 53.6 Å².